The highest BCUT2D eigenvalue weighted by Crippen LogP contribution is 2.20. The molecule has 0 aliphatic carbocycles. The van der Waals surface area contributed by atoms with Gasteiger partial charge in [0.1, 0.15) is 5.82 Å². The van der Waals surface area contributed by atoms with Gasteiger partial charge in [-0.1, -0.05) is 0 Å². The summed E-state index contributed by atoms with van der Waals surface area (Å²) in [6, 6.07) is 6.39. The molecule has 0 radical (unpaired) electrons. The zero-order chi connectivity index (χ0) is 13.8. The van der Waals surface area contributed by atoms with Crippen LogP contribution in [-0.2, 0) is 6.54 Å². The van der Waals surface area contributed by atoms with E-state index in [2.05, 4.69) is 15.3 Å². The number of hydrogen-bond donors (Lipinski definition) is 3. The number of hydrogen-bond acceptors (Lipinski definition) is 5. The van der Waals surface area contributed by atoms with Gasteiger partial charge in [-0.15, -0.1) is 0 Å². The molecule has 6 nitrogen and oxygen atoms in total. The highest BCUT2D eigenvalue weighted by Gasteiger charge is 2.06. The second-order valence-electron chi connectivity index (χ2n) is 4.06. The van der Waals surface area contributed by atoms with E-state index in [0.29, 0.717) is 23.7 Å². The maximum absolute atomic E-state index is 10.8. The molecule has 0 aliphatic heterocycles. The predicted octanol–water partition coefficient (Wildman–Crippen LogP) is 1.68. The van der Waals surface area contributed by atoms with Crippen molar-refractivity contribution in [1.82, 2.24) is 9.97 Å². The Hall–Kier alpha value is -2.63. The van der Waals surface area contributed by atoms with Crippen LogP contribution in [-0.4, -0.2) is 21.0 Å². The molecule has 0 spiro atoms. The lowest BCUT2D eigenvalue weighted by molar-refractivity contribution is 0.0697. The molecule has 6 heteroatoms. The number of carboxylic acid groups (broad SMARTS) is 1. The zero-order valence-corrected chi connectivity index (χ0v) is 10.4. The van der Waals surface area contributed by atoms with Crippen molar-refractivity contribution in [2.75, 3.05) is 11.1 Å². The van der Waals surface area contributed by atoms with E-state index in [1.807, 2.05) is 13.0 Å². The number of aryl methyl sites for hydroxylation is 1. The van der Waals surface area contributed by atoms with Gasteiger partial charge < -0.3 is 16.2 Å². The lowest BCUT2D eigenvalue weighted by atomic mass is 10.1. The van der Waals surface area contributed by atoms with Gasteiger partial charge in [-0.05, 0) is 31.2 Å². The first kappa shape index (κ1) is 12.8. The molecule has 2 rings (SSSR count). The van der Waals surface area contributed by atoms with E-state index in [1.54, 1.807) is 12.3 Å². The van der Waals surface area contributed by atoms with E-state index in [-0.39, 0.29) is 5.56 Å². The van der Waals surface area contributed by atoms with Gasteiger partial charge in [0.05, 0.1) is 29.2 Å². The summed E-state index contributed by atoms with van der Waals surface area (Å²) in [7, 11) is 0. The topological polar surface area (TPSA) is 101 Å². The summed E-state index contributed by atoms with van der Waals surface area (Å²) in [5.74, 6) is -0.293. The molecule has 1 aromatic carbocycles. The Morgan fingerprint density at radius 3 is 2.84 bits per heavy atom. The van der Waals surface area contributed by atoms with E-state index in [9.17, 15) is 4.79 Å². The number of nitrogens with two attached hydrogens (primary N) is 1. The molecule has 0 unspecified atom stereocenters. The first-order valence-electron chi connectivity index (χ1n) is 5.71. The Bertz CT molecular complexity index is 613. The lowest BCUT2D eigenvalue weighted by Gasteiger charge is -2.09. The van der Waals surface area contributed by atoms with Crippen LogP contribution in [0.1, 0.15) is 21.9 Å². The number of carbonyl (C=O) groups is 1. The minimum atomic E-state index is -0.996. The molecule has 19 heavy (non-hydrogen) atoms. The summed E-state index contributed by atoms with van der Waals surface area (Å²) in [4.78, 5) is 19.1. The number of carboxylic acids is 1. The number of anilines is 2. The predicted molar refractivity (Wildman–Crippen MR) is 71.9 cm³/mol. The van der Waals surface area contributed by atoms with Crippen LogP contribution in [0.4, 0.5) is 11.4 Å². The van der Waals surface area contributed by atoms with Crippen molar-refractivity contribution in [3.05, 3.63) is 47.5 Å². The summed E-state index contributed by atoms with van der Waals surface area (Å²) in [5, 5.41) is 12.0. The van der Waals surface area contributed by atoms with Gasteiger partial charge in [0.2, 0.25) is 0 Å². The first-order chi connectivity index (χ1) is 9.06. The number of benzene rings is 1. The van der Waals surface area contributed by atoms with Crippen molar-refractivity contribution in [2.24, 2.45) is 0 Å². The number of nitrogens with zero attached hydrogens (tertiary/aromatic N) is 2. The summed E-state index contributed by atoms with van der Waals surface area (Å²) in [5.41, 5.74) is 7.88. The van der Waals surface area contributed by atoms with Crippen molar-refractivity contribution in [2.45, 2.75) is 13.5 Å². The second kappa shape index (κ2) is 5.34. The third-order valence-corrected chi connectivity index (χ3v) is 2.59. The summed E-state index contributed by atoms with van der Waals surface area (Å²) in [6.07, 6.45) is 1.69. The monoisotopic (exact) mass is 258 g/mol. The van der Waals surface area contributed by atoms with Gasteiger partial charge in [0.25, 0.3) is 0 Å². The van der Waals surface area contributed by atoms with Crippen molar-refractivity contribution < 1.29 is 9.90 Å². The number of nitrogens with one attached hydrogen (secondary N) is 1. The molecule has 0 bridgehead atoms. The summed E-state index contributed by atoms with van der Waals surface area (Å²) in [6.45, 7) is 2.32. The fraction of sp³-hybridized carbons (Fsp3) is 0.154. The quantitative estimate of drug-likeness (QED) is 0.721. The van der Waals surface area contributed by atoms with Crippen LogP contribution < -0.4 is 11.1 Å². The number of aromatic nitrogens is 2. The maximum Gasteiger partial charge on any atom is 0.335 e. The van der Waals surface area contributed by atoms with Crippen LogP contribution in [0.3, 0.4) is 0 Å². The van der Waals surface area contributed by atoms with Crippen LogP contribution in [0.15, 0.2) is 30.5 Å². The molecule has 0 amide bonds. The normalized spacial score (nSPS) is 10.2. The molecule has 0 fully saturated rings. The standard InChI is InChI=1S/C13H14N4O2/c1-8-15-5-4-10(17-8)7-16-12-3-2-9(13(18)19)6-11(12)14/h2-6,16H,7,14H2,1H3,(H,18,19). The first-order valence-corrected chi connectivity index (χ1v) is 5.71. The Morgan fingerprint density at radius 2 is 2.21 bits per heavy atom. The largest absolute Gasteiger partial charge is 0.478 e. The van der Waals surface area contributed by atoms with Crippen molar-refractivity contribution in [1.29, 1.82) is 0 Å². The second-order valence-corrected chi connectivity index (χ2v) is 4.06. The van der Waals surface area contributed by atoms with Crippen LogP contribution in [0, 0.1) is 6.92 Å². The SMILES string of the molecule is Cc1nccc(CNc2ccc(C(=O)O)cc2N)n1. The minimum absolute atomic E-state index is 0.168. The third-order valence-electron chi connectivity index (χ3n) is 2.59. The van der Waals surface area contributed by atoms with Crippen LogP contribution >= 0.6 is 0 Å². The minimum Gasteiger partial charge on any atom is -0.478 e. The maximum atomic E-state index is 10.8. The number of nitrogen functional groups attached to an aromatic ring is 1. The van der Waals surface area contributed by atoms with Crippen molar-refractivity contribution in [3.63, 3.8) is 0 Å². The Kier molecular flexibility index (Phi) is 3.61. The highest BCUT2D eigenvalue weighted by atomic mass is 16.4. The molecule has 98 valence electrons. The van der Waals surface area contributed by atoms with E-state index < -0.39 is 5.97 Å². The summed E-state index contributed by atoms with van der Waals surface area (Å²) >= 11 is 0. The fourth-order valence-corrected chi connectivity index (χ4v) is 1.65. The smallest absolute Gasteiger partial charge is 0.335 e. The molecule has 0 atom stereocenters. The van der Waals surface area contributed by atoms with E-state index in [0.717, 1.165) is 5.69 Å². The molecule has 1 heterocycles. The fourth-order valence-electron chi connectivity index (χ4n) is 1.65. The van der Waals surface area contributed by atoms with Crippen molar-refractivity contribution in [3.8, 4) is 0 Å². The lowest BCUT2D eigenvalue weighted by Crippen LogP contribution is -2.06. The van der Waals surface area contributed by atoms with Crippen LogP contribution in [0.25, 0.3) is 0 Å². The van der Waals surface area contributed by atoms with Crippen LogP contribution in [0.2, 0.25) is 0 Å². The van der Waals surface area contributed by atoms with Gasteiger partial charge in [0.15, 0.2) is 0 Å². The summed E-state index contributed by atoms with van der Waals surface area (Å²) < 4.78 is 0. The Balaban J connectivity index is 2.10. The molecular weight excluding hydrogens is 244 g/mol. The molecule has 0 aliphatic rings. The average Bonchev–Trinajstić information content (AvgIpc) is 2.37. The molecule has 0 saturated carbocycles. The van der Waals surface area contributed by atoms with E-state index in [4.69, 9.17) is 10.8 Å². The number of rotatable bonds is 4. The molecular formula is C13H14N4O2. The Morgan fingerprint density at radius 1 is 1.42 bits per heavy atom. The molecule has 1 aromatic heterocycles. The molecule has 0 saturated heterocycles. The van der Waals surface area contributed by atoms with Gasteiger partial charge in [-0.25, -0.2) is 14.8 Å². The van der Waals surface area contributed by atoms with Crippen LogP contribution in [0.5, 0.6) is 0 Å². The Labute approximate surface area is 110 Å². The van der Waals surface area contributed by atoms with E-state index >= 15 is 0 Å². The average molecular weight is 258 g/mol. The van der Waals surface area contributed by atoms with Crippen molar-refractivity contribution >= 4 is 17.3 Å². The van der Waals surface area contributed by atoms with E-state index in [1.165, 1.54) is 12.1 Å². The zero-order valence-electron chi connectivity index (χ0n) is 10.4. The van der Waals surface area contributed by atoms with Gasteiger partial charge >= 0.3 is 5.97 Å². The molecule has 4 N–H and O–H groups in total. The third kappa shape index (κ3) is 3.19. The number of aromatic carboxylic acids is 1. The highest BCUT2D eigenvalue weighted by molar-refractivity contribution is 5.90. The van der Waals surface area contributed by atoms with Gasteiger partial charge in [-0.3, -0.25) is 0 Å². The van der Waals surface area contributed by atoms with Gasteiger partial charge in [-0.2, -0.15) is 0 Å². The molecule has 2 aromatic rings. The van der Waals surface area contributed by atoms with Gasteiger partial charge in [0, 0.05) is 6.20 Å².